The molecule has 2 nitrogen and oxygen atoms in total. The zero-order chi connectivity index (χ0) is 17.7. The summed E-state index contributed by atoms with van der Waals surface area (Å²) in [6.07, 6.45) is 3.61. The molecule has 0 amide bonds. The van der Waals surface area contributed by atoms with Gasteiger partial charge in [-0.05, 0) is 11.1 Å². The molecule has 25 heavy (non-hydrogen) atoms. The van der Waals surface area contributed by atoms with Gasteiger partial charge < -0.3 is 9.47 Å². The number of thioether (sulfide) groups is 1. The SMILES string of the molecule is C=CC(OCCSCCOC(C=C)c1ccccc1)c1ccccc1. The molecule has 2 atom stereocenters. The minimum atomic E-state index is -0.0405. The van der Waals surface area contributed by atoms with Crippen LogP contribution in [0.1, 0.15) is 23.3 Å². The van der Waals surface area contributed by atoms with Crippen molar-refractivity contribution in [1.29, 1.82) is 0 Å². The fourth-order valence-corrected chi connectivity index (χ4v) is 3.09. The maximum absolute atomic E-state index is 5.90. The van der Waals surface area contributed by atoms with Crippen molar-refractivity contribution < 1.29 is 9.47 Å². The van der Waals surface area contributed by atoms with Gasteiger partial charge in [-0.2, -0.15) is 11.8 Å². The summed E-state index contributed by atoms with van der Waals surface area (Å²) in [5.74, 6) is 1.87. The first-order valence-electron chi connectivity index (χ1n) is 8.51. The maximum Gasteiger partial charge on any atom is 0.100 e. The highest BCUT2D eigenvalue weighted by molar-refractivity contribution is 7.99. The van der Waals surface area contributed by atoms with E-state index in [-0.39, 0.29) is 12.2 Å². The topological polar surface area (TPSA) is 18.5 Å². The molecule has 2 aromatic carbocycles. The van der Waals surface area contributed by atoms with Gasteiger partial charge in [-0.1, -0.05) is 72.8 Å². The van der Waals surface area contributed by atoms with Gasteiger partial charge in [0.1, 0.15) is 12.2 Å². The zero-order valence-electron chi connectivity index (χ0n) is 14.6. The number of hydrogen-bond donors (Lipinski definition) is 0. The molecule has 0 fully saturated rings. The molecule has 0 aromatic heterocycles. The molecule has 0 radical (unpaired) electrons. The summed E-state index contributed by atoms with van der Waals surface area (Å²) in [7, 11) is 0. The third-order valence-electron chi connectivity index (χ3n) is 3.73. The van der Waals surface area contributed by atoms with E-state index in [1.165, 1.54) is 0 Å². The molecule has 0 saturated heterocycles. The Balaban J connectivity index is 1.60. The summed E-state index contributed by atoms with van der Waals surface area (Å²) in [4.78, 5) is 0. The van der Waals surface area contributed by atoms with E-state index in [1.807, 2.05) is 60.3 Å². The monoisotopic (exact) mass is 354 g/mol. The van der Waals surface area contributed by atoms with Gasteiger partial charge in [0.15, 0.2) is 0 Å². The van der Waals surface area contributed by atoms with Gasteiger partial charge in [0.25, 0.3) is 0 Å². The van der Waals surface area contributed by atoms with Crippen molar-refractivity contribution in [3.8, 4) is 0 Å². The zero-order valence-corrected chi connectivity index (χ0v) is 15.4. The fraction of sp³-hybridized carbons (Fsp3) is 0.273. The van der Waals surface area contributed by atoms with Crippen LogP contribution in [0, 0.1) is 0 Å². The highest BCUT2D eigenvalue weighted by Crippen LogP contribution is 2.20. The van der Waals surface area contributed by atoms with E-state index in [9.17, 15) is 0 Å². The molecule has 0 N–H and O–H groups in total. The minimum Gasteiger partial charge on any atom is -0.369 e. The molecule has 0 heterocycles. The summed E-state index contributed by atoms with van der Waals surface area (Å²) < 4.78 is 11.8. The van der Waals surface area contributed by atoms with Crippen LogP contribution in [-0.2, 0) is 9.47 Å². The van der Waals surface area contributed by atoms with Gasteiger partial charge in [-0.25, -0.2) is 0 Å². The van der Waals surface area contributed by atoms with Crippen LogP contribution in [-0.4, -0.2) is 24.7 Å². The first kappa shape index (κ1) is 19.5. The molecule has 0 aliphatic carbocycles. The lowest BCUT2D eigenvalue weighted by molar-refractivity contribution is 0.0968. The number of ether oxygens (including phenoxy) is 2. The second-order valence-corrected chi connectivity index (χ2v) is 6.71. The molecule has 0 aliphatic heterocycles. The molecule has 132 valence electrons. The normalized spacial score (nSPS) is 13.1. The van der Waals surface area contributed by atoms with Gasteiger partial charge in [0, 0.05) is 11.5 Å². The van der Waals surface area contributed by atoms with Gasteiger partial charge in [0.2, 0.25) is 0 Å². The first-order valence-corrected chi connectivity index (χ1v) is 9.66. The van der Waals surface area contributed by atoms with Crippen LogP contribution in [0.25, 0.3) is 0 Å². The van der Waals surface area contributed by atoms with Gasteiger partial charge in [0.05, 0.1) is 13.2 Å². The van der Waals surface area contributed by atoms with Crippen LogP contribution in [0.15, 0.2) is 86.0 Å². The quantitative estimate of drug-likeness (QED) is 0.365. The lowest BCUT2D eigenvalue weighted by Crippen LogP contribution is -2.07. The average molecular weight is 355 g/mol. The van der Waals surface area contributed by atoms with Crippen LogP contribution in [0.4, 0.5) is 0 Å². The Hall–Kier alpha value is -1.81. The Bertz CT molecular complexity index is 557. The largest absolute Gasteiger partial charge is 0.369 e. The molecule has 3 heteroatoms. The van der Waals surface area contributed by atoms with Crippen molar-refractivity contribution in [2.24, 2.45) is 0 Å². The summed E-state index contributed by atoms with van der Waals surface area (Å²) >= 11 is 1.83. The molecule has 2 unspecified atom stereocenters. The highest BCUT2D eigenvalue weighted by atomic mass is 32.2. The van der Waals surface area contributed by atoms with E-state index in [0.717, 1.165) is 22.6 Å². The number of benzene rings is 2. The van der Waals surface area contributed by atoms with Crippen molar-refractivity contribution in [2.75, 3.05) is 24.7 Å². The van der Waals surface area contributed by atoms with Crippen LogP contribution < -0.4 is 0 Å². The fourth-order valence-electron chi connectivity index (χ4n) is 2.46. The van der Waals surface area contributed by atoms with E-state index in [2.05, 4.69) is 37.4 Å². The van der Waals surface area contributed by atoms with E-state index in [1.54, 1.807) is 0 Å². The van der Waals surface area contributed by atoms with Crippen LogP contribution >= 0.6 is 11.8 Å². The summed E-state index contributed by atoms with van der Waals surface area (Å²) in [6.45, 7) is 9.11. The third kappa shape index (κ3) is 6.91. The third-order valence-corrected chi connectivity index (χ3v) is 4.65. The number of hydrogen-bond acceptors (Lipinski definition) is 3. The minimum absolute atomic E-state index is 0.0405. The molecular weight excluding hydrogens is 328 g/mol. The average Bonchev–Trinajstić information content (AvgIpc) is 2.68. The molecule has 0 bridgehead atoms. The van der Waals surface area contributed by atoms with E-state index in [4.69, 9.17) is 9.47 Å². The maximum atomic E-state index is 5.90. The molecular formula is C22H26O2S. The van der Waals surface area contributed by atoms with Crippen LogP contribution in [0.3, 0.4) is 0 Å². The Kier molecular flexibility index (Phi) is 9.13. The van der Waals surface area contributed by atoms with Crippen molar-refractivity contribution in [3.63, 3.8) is 0 Å². The Morgan fingerprint density at radius 2 is 1.12 bits per heavy atom. The second kappa shape index (κ2) is 11.7. The van der Waals surface area contributed by atoms with Crippen molar-refractivity contribution in [2.45, 2.75) is 12.2 Å². The predicted octanol–water partition coefficient (Wildman–Crippen LogP) is 5.61. The lowest BCUT2D eigenvalue weighted by Gasteiger charge is -2.15. The molecule has 0 saturated carbocycles. The van der Waals surface area contributed by atoms with Crippen molar-refractivity contribution >= 4 is 11.8 Å². The highest BCUT2D eigenvalue weighted by Gasteiger charge is 2.08. The molecule has 0 spiro atoms. The van der Waals surface area contributed by atoms with Gasteiger partial charge in [-0.3, -0.25) is 0 Å². The summed E-state index contributed by atoms with van der Waals surface area (Å²) in [5, 5.41) is 0. The smallest absolute Gasteiger partial charge is 0.100 e. The molecule has 0 aliphatic rings. The Labute approximate surface area is 155 Å². The van der Waals surface area contributed by atoms with Gasteiger partial charge >= 0.3 is 0 Å². The van der Waals surface area contributed by atoms with E-state index >= 15 is 0 Å². The summed E-state index contributed by atoms with van der Waals surface area (Å²) in [5.41, 5.74) is 2.28. The summed E-state index contributed by atoms with van der Waals surface area (Å²) in [6, 6.07) is 20.3. The number of rotatable bonds is 12. The first-order chi connectivity index (χ1) is 12.3. The Morgan fingerprint density at radius 1 is 0.720 bits per heavy atom. The molecule has 2 rings (SSSR count). The van der Waals surface area contributed by atoms with Crippen LogP contribution in [0.2, 0.25) is 0 Å². The predicted molar refractivity (Wildman–Crippen MR) is 108 cm³/mol. The standard InChI is InChI=1S/C22H26O2S/c1-3-21(19-11-7-5-8-12-19)23-15-17-25-18-16-24-22(4-2)20-13-9-6-10-14-20/h3-14,21-22H,1-2,15-18H2. The van der Waals surface area contributed by atoms with Crippen molar-refractivity contribution in [3.05, 3.63) is 97.1 Å². The second-order valence-electron chi connectivity index (χ2n) is 5.49. The van der Waals surface area contributed by atoms with Gasteiger partial charge in [-0.15, -0.1) is 13.2 Å². The van der Waals surface area contributed by atoms with Crippen LogP contribution in [0.5, 0.6) is 0 Å². The lowest BCUT2D eigenvalue weighted by atomic mass is 10.1. The van der Waals surface area contributed by atoms with E-state index in [0.29, 0.717) is 13.2 Å². The van der Waals surface area contributed by atoms with E-state index < -0.39 is 0 Å². The molecule has 2 aromatic rings. The Morgan fingerprint density at radius 3 is 1.48 bits per heavy atom. The van der Waals surface area contributed by atoms with Crippen molar-refractivity contribution in [1.82, 2.24) is 0 Å².